The van der Waals surface area contributed by atoms with E-state index in [1.807, 2.05) is 6.92 Å². The van der Waals surface area contributed by atoms with Crippen molar-refractivity contribution < 1.29 is 9.52 Å². The highest BCUT2D eigenvalue weighted by Gasteiger charge is 2.49. The molecule has 0 amide bonds. The van der Waals surface area contributed by atoms with Crippen LogP contribution in [-0.4, -0.2) is 5.11 Å². The summed E-state index contributed by atoms with van der Waals surface area (Å²) in [5.41, 5.74) is 1.30. The lowest BCUT2D eigenvalue weighted by atomic mass is 9.73. The molecule has 0 bridgehead atoms. The van der Waals surface area contributed by atoms with Gasteiger partial charge in [-0.05, 0) is 37.2 Å². The highest BCUT2D eigenvalue weighted by atomic mass is 16.3. The van der Waals surface area contributed by atoms with E-state index in [1.165, 1.54) is 0 Å². The Morgan fingerprint density at radius 2 is 2.00 bits per heavy atom. The standard InChI is InChI=1S/C12H18O2/c1-9-7-14-8-10(9)12(13)6-4-5-11(12,2)3/h7-8,13H,4-6H2,1-3H3. The zero-order valence-electron chi connectivity index (χ0n) is 9.13. The van der Waals surface area contributed by atoms with Gasteiger partial charge in [-0.3, -0.25) is 0 Å². The number of hydrogen-bond acceptors (Lipinski definition) is 2. The molecular weight excluding hydrogens is 176 g/mol. The molecular formula is C12H18O2. The summed E-state index contributed by atoms with van der Waals surface area (Å²) < 4.78 is 5.16. The first-order chi connectivity index (χ1) is 6.47. The second-order valence-electron chi connectivity index (χ2n) is 5.07. The van der Waals surface area contributed by atoms with Gasteiger partial charge >= 0.3 is 0 Å². The third kappa shape index (κ3) is 1.13. The number of rotatable bonds is 1. The summed E-state index contributed by atoms with van der Waals surface area (Å²) in [6.07, 6.45) is 6.42. The average Bonchev–Trinajstić information content (AvgIpc) is 2.59. The smallest absolute Gasteiger partial charge is 0.0980 e. The van der Waals surface area contributed by atoms with Crippen LogP contribution in [0, 0.1) is 12.3 Å². The van der Waals surface area contributed by atoms with Gasteiger partial charge in [0.15, 0.2) is 0 Å². The van der Waals surface area contributed by atoms with Crippen molar-refractivity contribution in [3.05, 3.63) is 23.7 Å². The number of furan rings is 1. The van der Waals surface area contributed by atoms with Crippen LogP contribution in [0.3, 0.4) is 0 Å². The van der Waals surface area contributed by atoms with Crippen molar-refractivity contribution in [2.75, 3.05) is 0 Å². The fourth-order valence-corrected chi connectivity index (χ4v) is 2.61. The third-order valence-corrected chi connectivity index (χ3v) is 3.76. The van der Waals surface area contributed by atoms with E-state index < -0.39 is 5.60 Å². The van der Waals surface area contributed by atoms with Crippen LogP contribution in [-0.2, 0) is 5.60 Å². The van der Waals surface area contributed by atoms with Gasteiger partial charge in [-0.1, -0.05) is 13.8 Å². The van der Waals surface area contributed by atoms with E-state index in [-0.39, 0.29) is 5.41 Å². The van der Waals surface area contributed by atoms with Crippen molar-refractivity contribution in [2.24, 2.45) is 5.41 Å². The molecule has 1 N–H and O–H groups in total. The van der Waals surface area contributed by atoms with E-state index >= 15 is 0 Å². The predicted octanol–water partition coefficient (Wildman–Crippen LogP) is 2.99. The molecule has 2 rings (SSSR count). The molecule has 1 aromatic rings. The van der Waals surface area contributed by atoms with E-state index in [0.29, 0.717) is 0 Å². The predicted molar refractivity (Wildman–Crippen MR) is 55.0 cm³/mol. The van der Waals surface area contributed by atoms with Gasteiger partial charge in [0.1, 0.15) is 0 Å². The summed E-state index contributed by atoms with van der Waals surface area (Å²) in [5, 5.41) is 10.7. The summed E-state index contributed by atoms with van der Waals surface area (Å²) in [4.78, 5) is 0. The van der Waals surface area contributed by atoms with Crippen LogP contribution in [0.5, 0.6) is 0 Å². The van der Waals surface area contributed by atoms with Crippen molar-refractivity contribution in [1.82, 2.24) is 0 Å². The summed E-state index contributed by atoms with van der Waals surface area (Å²) in [7, 11) is 0. The Morgan fingerprint density at radius 1 is 1.29 bits per heavy atom. The van der Waals surface area contributed by atoms with Gasteiger partial charge in [-0.25, -0.2) is 0 Å². The molecule has 78 valence electrons. The van der Waals surface area contributed by atoms with Crippen LogP contribution in [0.25, 0.3) is 0 Å². The van der Waals surface area contributed by atoms with E-state index in [1.54, 1.807) is 12.5 Å². The van der Waals surface area contributed by atoms with Crippen LogP contribution in [0.4, 0.5) is 0 Å². The molecule has 1 unspecified atom stereocenters. The molecule has 0 spiro atoms. The van der Waals surface area contributed by atoms with Crippen LogP contribution < -0.4 is 0 Å². The van der Waals surface area contributed by atoms with E-state index in [9.17, 15) is 5.11 Å². The van der Waals surface area contributed by atoms with Crippen molar-refractivity contribution in [3.63, 3.8) is 0 Å². The Kier molecular flexibility index (Phi) is 2.00. The van der Waals surface area contributed by atoms with Gasteiger partial charge in [-0.15, -0.1) is 0 Å². The summed E-state index contributed by atoms with van der Waals surface area (Å²) in [5.74, 6) is 0. The van der Waals surface area contributed by atoms with Crippen molar-refractivity contribution in [2.45, 2.75) is 45.6 Å². The largest absolute Gasteiger partial charge is 0.472 e. The average molecular weight is 194 g/mol. The summed E-state index contributed by atoms with van der Waals surface area (Å²) in [6.45, 7) is 6.25. The Balaban J connectivity index is 2.47. The molecule has 1 atom stereocenters. The number of aryl methyl sites for hydroxylation is 1. The maximum atomic E-state index is 10.7. The van der Waals surface area contributed by atoms with Gasteiger partial charge in [0.2, 0.25) is 0 Å². The SMILES string of the molecule is Cc1cocc1C1(O)CCCC1(C)C. The Labute approximate surface area is 84.9 Å². The maximum absolute atomic E-state index is 10.7. The van der Waals surface area contributed by atoms with E-state index in [0.717, 1.165) is 30.4 Å². The number of aliphatic hydroxyl groups is 1. The molecule has 1 aromatic heterocycles. The van der Waals surface area contributed by atoms with Crippen LogP contribution in [0.2, 0.25) is 0 Å². The highest BCUT2D eigenvalue weighted by Crippen LogP contribution is 2.52. The molecule has 0 aromatic carbocycles. The first-order valence-corrected chi connectivity index (χ1v) is 5.23. The highest BCUT2D eigenvalue weighted by molar-refractivity contribution is 5.29. The van der Waals surface area contributed by atoms with Crippen molar-refractivity contribution in [3.8, 4) is 0 Å². The van der Waals surface area contributed by atoms with Gasteiger partial charge in [0.05, 0.1) is 18.1 Å². The van der Waals surface area contributed by atoms with Gasteiger partial charge in [0.25, 0.3) is 0 Å². The van der Waals surface area contributed by atoms with Crippen molar-refractivity contribution in [1.29, 1.82) is 0 Å². The molecule has 0 saturated heterocycles. The second kappa shape index (κ2) is 2.86. The fourth-order valence-electron chi connectivity index (χ4n) is 2.61. The molecule has 1 saturated carbocycles. The first-order valence-electron chi connectivity index (χ1n) is 5.23. The molecule has 2 heteroatoms. The summed E-state index contributed by atoms with van der Waals surface area (Å²) in [6, 6.07) is 0. The lowest BCUT2D eigenvalue weighted by Gasteiger charge is -2.36. The van der Waals surface area contributed by atoms with Crippen LogP contribution in [0.15, 0.2) is 16.9 Å². The lowest BCUT2D eigenvalue weighted by Crippen LogP contribution is -2.37. The fraction of sp³-hybridized carbons (Fsp3) is 0.667. The minimum atomic E-state index is -0.690. The minimum Gasteiger partial charge on any atom is -0.472 e. The Hall–Kier alpha value is -0.760. The zero-order chi connectivity index (χ0) is 10.4. The minimum absolute atomic E-state index is 0.0400. The monoisotopic (exact) mass is 194 g/mol. The molecule has 2 nitrogen and oxygen atoms in total. The Morgan fingerprint density at radius 3 is 2.43 bits per heavy atom. The Bertz CT molecular complexity index is 338. The van der Waals surface area contributed by atoms with E-state index in [2.05, 4.69) is 13.8 Å². The van der Waals surface area contributed by atoms with Gasteiger partial charge in [-0.2, -0.15) is 0 Å². The second-order valence-corrected chi connectivity index (χ2v) is 5.07. The number of hydrogen-bond donors (Lipinski definition) is 1. The summed E-state index contributed by atoms with van der Waals surface area (Å²) >= 11 is 0. The normalized spacial score (nSPS) is 30.9. The molecule has 14 heavy (non-hydrogen) atoms. The first kappa shape index (κ1) is 9.78. The van der Waals surface area contributed by atoms with Crippen molar-refractivity contribution >= 4 is 0 Å². The van der Waals surface area contributed by atoms with Gasteiger partial charge in [0, 0.05) is 5.56 Å². The maximum Gasteiger partial charge on any atom is 0.0980 e. The molecule has 0 radical (unpaired) electrons. The van der Waals surface area contributed by atoms with Crippen LogP contribution >= 0.6 is 0 Å². The lowest BCUT2D eigenvalue weighted by molar-refractivity contribution is -0.0493. The zero-order valence-corrected chi connectivity index (χ0v) is 9.13. The molecule has 1 aliphatic rings. The van der Waals surface area contributed by atoms with Gasteiger partial charge < -0.3 is 9.52 Å². The van der Waals surface area contributed by atoms with Crippen LogP contribution in [0.1, 0.15) is 44.2 Å². The topological polar surface area (TPSA) is 33.4 Å². The quantitative estimate of drug-likeness (QED) is 0.745. The third-order valence-electron chi connectivity index (χ3n) is 3.76. The molecule has 0 aliphatic heterocycles. The molecule has 1 aliphatic carbocycles. The molecule has 1 fully saturated rings. The molecule has 1 heterocycles. The van der Waals surface area contributed by atoms with E-state index in [4.69, 9.17) is 4.42 Å².